The van der Waals surface area contributed by atoms with E-state index in [4.69, 9.17) is 0 Å². The minimum Gasteiger partial charge on any atom is -0.317 e. The Bertz CT molecular complexity index is 168. The summed E-state index contributed by atoms with van der Waals surface area (Å²) in [4.78, 5) is 0. The van der Waals surface area contributed by atoms with E-state index in [1.807, 2.05) is 11.8 Å². The Morgan fingerprint density at radius 1 is 0.560 bits per heavy atom. The van der Waals surface area contributed by atoms with Crippen molar-refractivity contribution >= 4 is 79.7 Å². The van der Waals surface area contributed by atoms with Crippen LogP contribution in [0.1, 0.15) is 40.5 Å². The van der Waals surface area contributed by atoms with Crippen LogP contribution in [0.3, 0.4) is 0 Å². The van der Waals surface area contributed by atoms with Gasteiger partial charge in [-0.25, -0.2) is 0 Å². The van der Waals surface area contributed by atoms with Gasteiger partial charge in [-0.2, -0.15) is 11.8 Å². The molecule has 0 aromatic heterocycles. The van der Waals surface area contributed by atoms with E-state index < -0.39 is 0 Å². The maximum atomic E-state index is 3.50. The average molecular weight is 644 g/mol. The van der Waals surface area contributed by atoms with E-state index in [9.17, 15) is 0 Å². The molecule has 0 bridgehead atoms. The zero-order valence-corrected chi connectivity index (χ0v) is 22.9. The number of halogens is 4. The third kappa shape index (κ3) is 41.6. The normalized spacial score (nSPS) is 8.88. The molecule has 0 radical (unpaired) electrons. The van der Waals surface area contributed by atoms with Gasteiger partial charge in [-0.3, -0.25) is 0 Å². The molecule has 0 heterocycles. The molecule has 0 atom stereocenters. The highest BCUT2D eigenvalue weighted by atomic mass is 79.9. The smallest absolute Gasteiger partial charge is 0.00579 e. The second-order valence-electron chi connectivity index (χ2n) is 4.86. The highest BCUT2D eigenvalue weighted by Gasteiger charge is 1.91. The molecule has 0 spiro atoms. The van der Waals surface area contributed by atoms with E-state index in [-0.39, 0.29) is 75.4 Å². The summed E-state index contributed by atoms with van der Waals surface area (Å²) in [6.07, 6.45) is 3.68. The van der Waals surface area contributed by atoms with E-state index in [0.717, 1.165) is 52.4 Å². The second-order valence-corrected chi connectivity index (χ2v) is 6.25. The molecule has 25 heavy (non-hydrogen) atoms. The van der Waals surface area contributed by atoms with Gasteiger partial charge in [0, 0.05) is 12.3 Å². The van der Waals surface area contributed by atoms with Crippen molar-refractivity contribution in [3.05, 3.63) is 0 Å². The van der Waals surface area contributed by atoms with E-state index >= 15 is 0 Å². The van der Waals surface area contributed by atoms with Gasteiger partial charge in [0.25, 0.3) is 0 Å². The fourth-order valence-corrected chi connectivity index (χ4v) is 2.43. The molecule has 0 unspecified atom stereocenters. The molecule has 0 saturated heterocycles. The first-order valence-corrected chi connectivity index (χ1v) is 9.47. The highest BCUT2D eigenvalue weighted by molar-refractivity contribution is 8.93. The minimum atomic E-state index is 0. The average Bonchev–Trinajstić information content (AvgIpc) is 2.47. The van der Waals surface area contributed by atoms with Gasteiger partial charge < -0.3 is 21.3 Å². The molecule has 9 heteroatoms. The van der Waals surface area contributed by atoms with Crippen molar-refractivity contribution in [1.82, 2.24) is 21.3 Å². The molecule has 0 aliphatic heterocycles. The van der Waals surface area contributed by atoms with Crippen molar-refractivity contribution in [3.63, 3.8) is 0 Å². The largest absolute Gasteiger partial charge is 0.317 e. The molecular weight excluding hydrogens is 600 g/mol. The Morgan fingerprint density at radius 3 is 1.28 bits per heavy atom. The maximum Gasteiger partial charge on any atom is 0.00579 e. The topological polar surface area (TPSA) is 48.1 Å². The first-order chi connectivity index (χ1) is 9.91. The van der Waals surface area contributed by atoms with Gasteiger partial charge in [-0.05, 0) is 70.8 Å². The lowest BCUT2D eigenvalue weighted by atomic mass is 10.3. The monoisotopic (exact) mass is 640 g/mol. The SMILES string of the molecule is Br.Br.Br.Br.C.CCNCCCNCCCNCCCNCCSCC. The summed E-state index contributed by atoms with van der Waals surface area (Å²) in [6.45, 7) is 13.4. The number of rotatable bonds is 17. The van der Waals surface area contributed by atoms with Gasteiger partial charge in [-0.1, -0.05) is 21.3 Å². The Kier molecular flexibility index (Phi) is 67.5. The molecular formula is C16H44Br4N4S. The zero-order valence-electron chi connectivity index (χ0n) is 15.2. The first kappa shape index (κ1) is 41.5. The number of hydrogen-bond acceptors (Lipinski definition) is 5. The third-order valence-electron chi connectivity index (χ3n) is 3.00. The lowest BCUT2D eigenvalue weighted by Crippen LogP contribution is -2.27. The van der Waals surface area contributed by atoms with Crippen molar-refractivity contribution < 1.29 is 0 Å². The summed E-state index contributed by atoms with van der Waals surface area (Å²) >= 11 is 2.00. The maximum absolute atomic E-state index is 3.50. The van der Waals surface area contributed by atoms with Gasteiger partial charge in [0.2, 0.25) is 0 Å². The van der Waals surface area contributed by atoms with Crippen LogP contribution in [0.25, 0.3) is 0 Å². The van der Waals surface area contributed by atoms with Crippen LogP contribution in [0.2, 0.25) is 0 Å². The minimum absolute atomic E-state index is 0. The number of thioether (sulfide) groups is 1. The van der Waals surface area contributed by atoms with Crippen molar-refractivity contribution in [2.45, 2.75) is 40.5 Å². The first-order valence-electron chi connectivity index (χ1n) is 8.32. The van der Waals surface area contributed by atoms with Gasteiger partial charge in [0.05, 0.1) is 0 Å². The summed E-state index contributed by atoms with van der Waals surface area (Å²) in [7, 11) is 0. The molecule has 0 rings (SSSR count). The molecule has 0 saturated carbocycles. The predicted octanol–water partition coefficient (Wildman–Crippen LogP) is 4.24. The van der Waals surface area contributed by atoms with Gasteiger partial charge in [0.15, 0.2) is 0 Å². The summed E-state index contributed by atoms with van der Waals surface area (Å²) in [5.41, 5.74) is 0. The van der Waals surface area contributed by atoms with Crippen LogP contribution in [-0.4, -0.2) is 63.9 Å². The van der Waals surface area contributed by atoms with Crippen molar-refractivity contribution in [2.75, 3.05) is 63.9 Å². The quantitative estimate of drug-likeness (QED) is 0.179. The molecule has 0 aromatic rings. The van der Waals surface area contributed by atoms with Crippen molar-refractivity contribution in [3.8, 4) is 0 Å². The second kappa shape index (κ2) is 40.7. The number of hydrogen-bond donors (Lipinski definition) is 4. The van der Waals surface area contributed by atoms with E-state index in [0.29, 0.717) is 0 Å². The van der Waals surface area contributed by atoms with E-state index in [1.54, 1.807) is 0 Å². The Morgan fingerprint density at radius 2 is 0.920 bits per heavy atom. The molecule has 4 N–H and O–H groups in total. The molecule has 162 valence electrons. The summed E-state index contributed by atoms with van der Waals surface area (Å²) in [5, 5.41) is 13.8. The van der Waals surface area contributed by atoms with Crippen LogP contribution in [0, 0.1) is 0 Å². The third-order valence-corrected chi connectivity index (χ3v) is 3.90. The Labute approximate surface area is 204 Å². The molecule has 0 aliphatic rings. The molecule has 4 nitrogen and oxygen atoms in total. The summed E-state index contributed by atoms with van der Waals surface area (Å²) in [5.74, 6) is 2.47. The lowest BCUT2D eigenvalue weighted by Gasteiger charge is -2.07. The molecule has 0 aliphatic carbocycles. The fourth-order valence-electron chi connectivity index (χ4n) is 1.86. The Hall–Kier alpha value is 2.11. The van der Waals surface area contributed by atoms with Crippen LogP contribution in [0.4, 0.5) is 0 Å². The predicted molar refractivity (Wildman–Crippen MR) is 142 cm³/mol. The molecule has 0 fully saturated rings. The van der Waals surface area contributed by atoms with Gasteiger partial charge >= 0.3 is 0 Å². The Balaban J connectivity index is -0.000000180. The van der Waals surface area contributed by atoms with Gasteiger partial charge in [-0.15, -0.1) is 67.9 Å². The summed E-state index contributed by atoms with van der Waals surface area (Å²) < 4.78 is 0. The van der Waals surface area contributed by atoms with Crippen LogP contribution in [-0.2, 0) is 0 Å². The van der Waals surface area contributed by atoms with Crippen LogP contribution in [0.15, 0.2) is 0 Å². The zero-order chi connectivity index (χ0) is 14.7. The standard InChI is InChI=1S/C15H36N4S.CH4.4BrH/c1-3-16-8-5-9-17-10-6-11-18-12-7-13-19-14-15-20-4-2;;;;;/h16-19H,3-15H2,1-2H3;1H4;4*1H. The van der Waals surface area contributed by atoms with Crippen LogP contribution < -0.4 is 21.3 Å². The summed E-state index contributed by atoms with van der Waals surface area (Å²) in [6, 6.07) is 0. The lowest BCUT2D eigenvalue weighted by molar-refractivity contribution is 0.557. The molecule has 0 aromatic carbocycles. The highest BCUT2D eigenvalue weighted by Crippen LogP contribution is 1.94. The van der Waals surface area contributed by atoms with Crippen molar-refractivity contribution in [1.29, 1.82) is 0 Å². The van der Waals surface area contributed by atoms with Crippen molar-refractivity contribution in [2.24, 2.45) is 0 Å². The fraction of sp³-hybridized carbons (Fsp3) is 1.00. The van der Waals surface area contributed by atoms with Crippen LogP contribution in [0.5, 0.6) is 0 Å². The number of nitrogens with one attached hydrogen (secondary N) is 4. The van der Waals surface area contributed by atoms with Crippen LogP contribution >= 0.6 is 79.7 Å². The van der Waals surface area contributed by atoms with Gasteiger partial charge in [0.1, 0.15) is 0 Å². The van der Waals surface area contributed by atoms with E-state index in [1.165, 1.54) is 30.8 Å². The van der Waals surface area contributed by atoms with E-state index in [2.05, 4.69) is 35.1 Å². The molecule has 0 amide bonds.